The van der Waals surface area contributed by atoms with Gasteiger partial charge in [0.2, 0.25) is 0 Å². The molecular formula is C19H18N2O5. The molecule has 0 aliphatic rings. The van der Waals surface area contributed by atoms with Crippen LogP contribution in [-0.2, 0) is 14.3 Å². The van der Waals surface area contributed by atoms with Crippen LogP contribution in [0.5, 0.6) is 0 Å². The SMILES string of the molecule is Cc1cccc(/C=C/C(=O)OCC(=O)Nc2c(C)cccc2[N+](=O)[O-])c1. The molecule has 134 valence electrons. The van der Waals surface area contributed by atoms with Gasteiger partial charge in [-0.2, -0.15) is 0 Å². The van der Waals surface area contributed by atoms with Crippen LogP contribution in [0.4, 0.5) is 11.4 Å². The van der Waals surface area contributed by atoms with Gasteiger partial charge in [0.25, 0.3) is 11.6 Å². The summed E-state index contributed by atoms with van der Waals surface area (Å²) < 4.78 is 4.86. The van der Waals surface area contributed by atoms with Gasteiger partial charge in [-0.1, -0.05) is 42.0 Å². The second-order valence-electron chi connectivity index (χ2n) is 5.63. The van der Waals surface area contributed by atoms with Crippen LogP contribution >= 0.6 is 0 Å². The van der Waals surface area contributed by atoms with Gasteiger partial charge in [-0.25, -0.2) is 4.79 Å². The molecule has 0 aromatic heterocycles. The average molecular weight is 354 g/mol. The molecule has 0 heterocycles. The van der Waals surface area contributed by atoms with Gasteiger partial charge < -0.3 is 10.1 Å². The third-order valence-corrected chi connectivity index (χ3v) is 3.51. The van der Waals surface area contributed by atoms with Crippen LogP contribution in [0.15, 0.2) is 48.5 Å². The van der Waals surface area contributed by atoms with E-state index in [1.165, 1.54) is 18.2 Å². The van der Waals surface area contributed by atoms with Crippen molar-refractivity contribution in [3.05, 3.63) is 75.3 Å². The van der Waals surface area contributed by atoms with E-state index < -0.39 is 23.4 Å². The van der Waals surface area contributed by atoms with E-state index in [4.69, 9.17) is 4.74 Å². The number of rotatable bonds is 6. The molecule has 0 atom stereocenters. The number of nitrogens with zero attached hydrogens (tertiary/aromatic N) is 1. The first-order valence-electron chi connectivity index (χ1n) is 7.82. The molecule has 7 nitrogen and oxygen atoms in total. The molecule has 2 aromatic carbocycles. The van der Waals surface area contributed by atoms with Crippen LogP contribution in [0.2, 0.25) is 0 Å². The van der Waals surface area contributed by atoms with Gasteiger partial charge >= 0.3 is 5.97 Å². The van der Waals surface area contributed by atoms with Crippen LogP contribution in [-0.4, -0.2) is 23.4 Å². The predicted molar refractivity (Wildman–Crippen MR) is 97.6 cm³/mol. The molecule has 1 N–H and O–H groups in total. The minimum Gasteiger partial charge on any atom is -0.452 e. The number of benzene rings is 2. The van der Waals surface area contributed by atoms with Gasteiger partial charge in [-0.3, -0.25) is 14.9 Å². The van der Waals surface area contributed by atoms with Crippen LogP contribution in [0.25, 0.3) is 6.08 Å². The zero-order chi connectivity index (χ0) is 19.1. The monoisotopic (exact) mass is 354 g/mol. The van der Waals surface area contributed by atoms with E-state index in [-0.39, 0.29) is 11.4 Å². The number of aryl methyl sites for hydroxylation is 2. The van der Waals surface area contributed by atoms with Crippen molar-refractivity contribution in [2.24, 2.45) is 0 Å². The van der Waals surface area contributed by atoms with Crippen molar-refractivity contribution in [1.82, 2.24) is 0 Å². The number of para-hydroxylation sites is 1. The van der Waals surface area contributed by atoms with Crippen molar-refractivity contribution in [2.75, 3.05) is 11.9 Å². The van der Waals surface area contributed by atoms with Crippen molar-refractivity contribution >= 4 is 29.3 Å². The quantitative estimate of drug-likeness (QED) is 0.371. The minimum atomic E-state index is -0.680. The summed E-state index contributed by atoms with van der Waals surface area (Å²) in [5.41, 5.74) is 2.30. The Hall–Kier alpha value is -3.48. The lowest BCUT2D eigenvalue weighted by Crippen LogP contribution is -2.21. The first kappa shape index (κ1) is 18.9. The molecule has 26 heavy (non-hydrogen) atoms. The summed E-state index contributed by atoms with van der Waals surface area (Å²) in [6.07, 6.45) is 2.80. The van der Waals surface area contributed by atoms with Crippen LogP contribution in [0.1, 0.15) is 16.7 Å². The molecule has 0 spiro atoms. The summed E-state index contributed by atoms with van der Waals surface area (Å²) in [7, 11) is 0. The summed E-state index contributed by atoms with van der Waals surface area (Å²) in [4.78, 5) is 34.1. The highest BCUT2D eigenvalue weighted by atomic mass is 16.6. The minimum absolute atomic E-state index is 0.0915. The average Bonchev–Trinajstić information content (AvgIpc) is 2.59. The maximum Gasteiger partial charge on any atom is 0.331 e. The number of esters is 1. The molecule has 2 aromatic rings. The topological polar surface area (TPSA) is 98.5 Å². The molecule has 0 unspecified atom stereocenters. The number of amides is 1. The van der Waals surface area contributed by atoms with E-state index in [9.17, 15) is 19.7 Å². The number of nitrogens with one attached hydrogen (secondary N) is 1. The summed E-state index contributed by atoms with van der Waals surface area (Å²) in [6, 6.07) is 12.0. The standard InChI is InChI=1S/C19H18N2O5/c1-13-5-3-7-15(11-13)9-10-18(23)26-12-17(22)20-19-14(2)6-4-8-16(19)21(24)25/h3-11H,12H2,1-2H3,(H,20,22)/b10-9+. The van der Waals surface area contributed by atoms with Gasteiger partial charge in [0.15, 0.2) is 6.61 Å². The number of carbonyl (C=O) groups is 2. The van der Waals surface area contributed by atoms with E-state index in [0.29, 0.717) is 5.56 Å². The van der Waals surface area contributed by atoms with E-state index >= 15 is 0 Å². The first-order valence-corrected chi connectivity index (χ1v) is 7.82. The molecule has 0 saturated carbocycles. The number of carbonyl (C=O) groups excluding carboxylic acids is 2. The second kappa shape index (κ2) is 8.57. The van der Waals surface area contributed by atoms with Gasteiger partial charge in [0.1, 0.15) is 5.69 Å². The Morgan fingerprint density at radius 1 is 1.19 bits per heavy atom. The highest BCUT2D eigenvalue weighted by molar-refractivity contribution is 5.96. The Labute approximate surface area is 150 Å². The van der Waals surface area contributed by atoms with E-state index in [2.05, 4.69) is 5.32 Å². The second-order valence-corrected chi connectivity index (χ2v) is 5.63. The number of hydrogen-bond donors (Lipinski definition) is 1. The highest BCUT2D eigenvalue weighted by Crippen LogP contribution is 2.27. The van der Waals surface area contributed by atoms with E-state index in [0.717, 1.165) is 11.1 Å². The Bertz CT molecular complexity index is 874. The summed E-state index contributed by atoms with van der Waals surface area (Å²) in [6.45, 7) is 3.03. The zero-order valence-corrected chi connectivity index (χ0v) is 14.4. The molecule has 0 radical (unpaired) electrons. The maximum absolute atomic E-state index is 11.9. The van der Waals surface area contributed by atoms with Crippen molar-refractivity contribution < 1.29 is 19.2 Å². The van der Waals surface area contributed by atoms with Crippen molar-refractivity contribution in [1.29, 1.82) is 0 Å². The smallest absolute Gasteiger partial charge is 0.331 e. The molecule has 0 bridgehead atoms. The van der Waals surface area contributed by atoms with Crippen LogP contribution < -0.4 is 5.32 Å². The highest BCUT2D eigenvalue weighted by Gasteiger charge is 2.18. The van der Waals surface area contributed by atoms with Crippen LogP contribution in [0, 0.1) is 24.0 Å². The zero-order valence-electron chi connectivity index (χ0n) is 14.4. The number of ether oxygens (including phenoxy) is 1. The third-order valence-electron chi connectivity index (χ3n) is 3.51. The molecule has 0 aliphatic heterocycles. The summed E-state index contributed by atoms with van der Waals surface area (Å²) in [5.74, 6) is -1.33. The molecule has 0 aliphatic carbocycles. The Kier molecular flexibility index (Phi) is 6.21. The van der Waals surface area contributed by atoms with Gasteiger partial charge in [0, 0.05) is 12.1 Å². The maximum atomic E-state index is 11.9. The third kappa shape index (κ3) is 5.27. The number of anilines is 1. The normalized spacial score (nSPS) is 10.5. The largest absolute Gasteiger partial charge is 0.452 e. The Balaban J connectivity index is 1.93. The van der Waals surface area contributed by atoms with Gasteiger partial charge in [0.05, 0.1) is 4.92 Å². The predicted octanol–water partition coefficient (Wildman–Crippen LogP) is 3.41. The molecule has 2 rings (SSSR count). The van der Waals surface area contributed by atoms with Crippen molar-refractivity contribution in [3.8, 4) is 0 Å². The molecule has 0 saturated heterocycles. The molecule has 0 fully saturated rings. The fourth-order valence-corrected chi connectivity index (χ4v) is 2.27. The summed E-state index contributed by atoms with van der Waals surface area (Å²) in [5, 5.41) is 13.4. The fourth-order valence-electron chi connectivity index (χ4n) is 2.27. The lowest BCUT2D eigenvalue weighted by Gasteiger charge is -2.08. The van der Waals surface area contributed by atoms with Crippen molar-refractivity contribution in [2.45, 2.75) is 13.8 Å². The Morgan fingerprint density at radius 3 is 2.62 bits per heavy atom. The lowest BCUT2D eigenvalue weighted by atomic mass is 10.1. The molecular weight excluding hydrogens is 336 g/mol. The Morgan fingerprint density at radius 2 is 1.92 bits per heavy atom. The van der Waals surface area contributed by atoms with Gasteiger partial charge in [-0.05, 0) is 31.1 Å². The van der Waals surface area contributed by atoms with E-state index in [1.807, 2.05) is 31.2 Å². The number of hydrogen-bond acceptors (Lipinski definition) is 5. The van der Waals surface area contributed by atoms with E-state index in [1.54, 1.807) is 19.1 Å². The fraction of sp³-hybridized carbons (Fsp3) is 0.158. The van der Waals surface area contributed by atoms with Gasteiger partial charge in [-0.15, -0.1) is 0 Å². The van der Waals surface area contributed by atoms with Crippen molar-refractivity contribution in [3.63, 3.8) is 0 Å². The first-order chi connectivity index (χ1) is 12.4. The number of nitro benzene ring substituents is 1. The molecule has 7 heteroatoms. The lowest BCUT2D eigenvalue weighted by molar-refractivity contribution is -0.384. The van der Waals surface area contributed by atoms with Crippen LogP contribution in [0.3, 0.4) is 0 Å². The molecule has 1 amide bonds. The number of nitro groups is 1. The summed E-state index contributed by atoms with van der Waals surface area (Å²) >= 11 is 0.